The minimum atomic E-state index is -4.44. The first-order valence-electron chi connectivity index (χ1n) is 8.40. The topological polar surface area (TPSA) is 46.6 Å². The maximum atomic E-state index is 13.0. The number of nitrogens with zero attached hydrogens (tertiary/aromatic N) is 1. The second-order valence-electron chi connectivity index (χ2n) is 6.40. The zero-order valence-electron chi connectivity index (χ0n) is 14.7. The summed E-state index contributed by atoms with van der Waals surface area (Å²) in [6.45, 7) is 1.72. The number of methoxy groups -OCH3 is 1. The number of benzene rings is 1. The first-order valence-corrected chi connectivity index (χ1v) is 9.22. The molecule has 1 aromatic carbocycles. The lowest BCUT2D eigenvalue weighted by atomic mass is 10.0. The molecule has 0 saturated heterocycles. The van der Waals surface area contributed by atoms with Crippen LogP contribution >= 0.6 is 11.3 Å². The third-order valence-electron chi connectivity index (χ3n) is 4.49. The summed E-state index contributed by atoms with van der Waals surface area (Å²) in [7, 11) is 1.26. The fourth-order valence-electron chi connectivity index (χ4n) is 2.94. The molecule has 1 unspecified atom stereocenters. The highest BCUT2D eigenvalue weighted by Gasteiger charge is 2.38. The molecule has 1 saturated carbocycles. The van der Waals surface area contributed by atoms with Crippen LogP contribution in [-0.2, 0) is 10.9 Å². The molecule has 0 aliphatic heterocycles. The Morgan fingerprint density at radius 2 is 1.85 bits per heavy atom. The summed E-state index contributed by atoms with van der Waals surface area (Å²) in [5.74, 6) is -0.814. The van der Waals surface area contributed by atoms with E-state index in [2.05, 4.69) is 4.74 Å². The summed E-state index contributed by atoms with van der Waals surface area (Å²) >= 11 is 1.02. The molecule has 0 N–H and O–H groups in total. The van der Waals surface area contributed by atoms with E-state index in [4.69, 9.17) is 0 Å². The second kappa shape index (κ2) is 7.34. The Balaban J connectivity index is 1.88. The quantitative estimate of drug-likeness (QED) is 0.673. The molecule has 8 heteroatoms. The molecule has 4 nitrogen and oxygen atoms in total. The van der Waals surface area contributed by atoms with Crippen molar-refractivity contribution in [2.75, 3.05) is 7.11 Å². The Labute approximate surface area is 158 Å². The van der Waals surface area contributed by atoms with Crippen molar-refractivity contribution in [3.63, 3.8) is 0 Å². The number of rotatable bonds is 5. The number of ether oxygens (including phenoxy) is 1. The third kappa shape index (κ3) is 4.16. The van der Waals surface area contributed by atoms with Crippen LogP contribution in [0.3, 0.4) is 0 Å². The van der Waals surface area contributed by atoms with Crippen molar-refractivity contribution in [2.24, 2.45) is 0 Å². The van der Waals surface area contributed by atoms with Gasteiger partial charge in [0.15, 0.2) is 0 Å². The Kier molecular flexibility index (Phi) is 5.28. The van der Waals surface area contributed by atoms with Crippen LogP contribution in [0.5, 0.6) is 0 Å². The van der Waals surface area contributed by atoms with E-state index in [0.29, 0.717) is 15.3 Å². The van der Waals surface area contributed by atoms with Gasteiger partial charge in [-0.05, 0) is 49.6 Å². The number of carbonyl (C=O) groups is 2. The molecule has 1 atom stereocenters. The summed E-state index contributed by atoms with van der Waals surface area (Å²) in [5, 5.41) is 0. The Morgan fingerprint density at radius 1 is 1.19 bits per heavy atom. The summed E-state index contributed by atoms with van der Waals surface area (Å²) in [6, 6.07) is 7.59. The fourth-order valence-corrected chi connectivity index (χ4v) is 3.80. The molecular weight excluding hydrogens is 379 g/mol. The summed E-state index contributed by atoms with van der Waals surface area (Å²) in [5.41, 5.74) is -0.311. The van der Waals surface area contributed by atoms with Crippen molar-refractivity contribution >= 4 is 23.2 Å². The van der Waals surface area contributed by atoms with Gasteiger partial charge >= 0.3 is 12.1 Å². The van der Waals surface area contributed by atoms with Gasteiger partial charge in [0, 0.05) is 6.04 Å². The standard InChI is InChI=1S/C19H18F3NO3S/c1-11(12-4-3-5-13(10-12)19(20,21)22)23(14-6-7-14)17(24)15-8-9-16(27-15)18(25)26-2/h3-5,8-11,14H,6-7H2,1-2H3. The summed E-state index contributed by atoms with van der Waals surface area (Å²) in [4.78, 5) is 26.9. The van der Waals surface area contributed by atoms with Crippen molar-refractivity contribution in [3.05, 3.63) is 57.3 Å². The van der Waals surface area contributed by atoms with E-state index in [0.717, 1.165) is 36.3 Å². The lowest BCUT2D eigenvalue weighted by Gasteiger charge is -2.29. The number of halogens is 3. The largest absolute Gasteiger partial charge is 0.465 e. The lowest BCUT2D eigenvalue weighted by Crippen LogP contribution is -2.35. The van der Waals surface area contributed by atoms with Crippen LogP contribution < -0.4 is 0 Å². The lowest BCUT2D eigenvalue weighted by molar-refractivity contribution is -0.137. The van der Waals surface area contributed by atoms with Crippen molar-refractivity contribution in [1.29, 1.82) is 0 Å². The highest BCUT2D eigenvalue weighted by molar-refractivity contribution is 7.15. The Hall–Kier alpha value is -2.35. The fraction of sp³-hybridized carbons (Fsp3) is 0.368. The van der Waals surface area contributed by atoms with E-state index in [9.17, 15) is 22.8 Å². The minimum Gasteiger partial charge on any atom is -0.465 e. The number of hydrogen-bond donors (Lipinski definition) is 0. The number of esters is 1. The molecule has 1 amide bonds. The Morgan fingerprint density at radius 3 is 2.44 bits per heavy atom. The Bertz CT molecular complexity index is 858. The zero-order chi connectivity index (χ0) is 19.8. The van der Waals surface area contributed by atoms with Crippen molar-refractivity contribution in [1.82, 2.24) is 4.90 Å². The smallest absolute Gasteiger partial charge is 0.416 e. The summed E-state index contributed by atoms with van der Waals surface area (Å²) in [6.07, 6.45) is -2.82. The summed E-state index contributed by atoms with van der Waals surface area (Å²) < 4.78 is 43.7. The van der Waals surface area contributed by atoms with Crippen LogP contribution in [-0.4, -0.2) is 29.9 Å². The predicted octanol–water partition coefficient (Wildman–Crippen LogP) is 4.92. The van der Waals surface area contributed by atoms with Gasteiger partial charge in [0.05, 0.1) is 23.6 Å². The average molecular weight is 397 g/mol. The molecule has 1 aliphatic carbocycles. The third-order valence-corrected chi connectivity index (χ3v) is 5.55. The molecule has 144 valence electrons. The second-order valence-corrected chi connectivity index (χ2v) is 7.48. The van der Waals surface area contributed by atoms with E-state index >= 15 is 0 Å². The van der Waals surface area contributed by atoms with Gasteiger partial charge in [-0.15, -0.1) is 11.3 Å². The van der Waals surface area contributed by atoms with E-state index in [1.165, 1.54) is 19.2 Å². The SMILES string of the molecule is COC(=O)c1ccc(C(=O)N(C2CC2)C(C)c2cccc(C(F)(F)F)c2)s1. The zero-order valence-corrected chi connectivity index (χ0v) is 15.6. The van der Waals surface area contributed by atoms with Crippen molar-refractivity contribution in [2.45, 2.75) is 38.0 Å². The van der Waals surface area contributed by atoms with Gasteiger partial charge in [0.1, 0.15) is 4.88 Å². The maximum Gasteiger partial charge on any atom is 0.416 e. The van der Waals surface area contributed by atoms with Crippen LogP contribution in [0.25, 0.3) is 0 Å². The van der Waals surface area contributed by atoms with Gasteiger partial charge in [-0.2, -0.15) is 13.2 Å². The highest BCUT2D eigenvalue weighted by Crippen LogP contribution is 2.38. The van der Waals surface area contributed by atoms with E-state index in [1.807, 2.05) is 0 Å². The van der Waals surface area contributed by atoms with Crippen molar-refractivity contribution < 1.29 is 27.5 Å². The average Bonchev–Trinajstić information content (AvgIpc) is 3.34. The molecule has 1 aromatic heterocycles. The number of amides is 1. The molecule has 0 spiro atoms. The number of alkyl halides is 3. The molecule has 1 heterocycles. The van der Waals surface area contributed by atoms with E-state index < -0.39 is 23.8 Å². The van der Waals surface area contributed by atoms with Gasteiger partial charge in [-0.25, -0.2) is 4.79 Å². The molecule has 2 aromatic rings. The maximum absolute atomic E-state index is 13.0. The van der Waals surface area contributed by atoms with Crippen LogP contribution in [0, 0.1) is 0 Å². The van der Waals surface area contributed by atoms with Crippen molar-refractivity contribution in [3.8, 4) is 0 Å². The molecular formula is C19H18F3NO3S. The first kappa shape index (κ1) is 19.4. The molecule has 3 rings (SSSR count). The molecule has 1 aliphatic rings. The molecule has 27 heavy (non-hydrogen) atoms. The highest BCUT2D eigenvalue weighted by atomic mass is 32.1. The predicted molar refractivity (Wildman–Crippen MR) is 94.7 cm³/mol. The minimum absolute atomic E-state index is 0.00859. The van der Waals surface area contributed by atoms with E-state index in [-0.39, 0.29) is 11.9 Å². The van der Waals surface area contributed by atoms with Crippen LogP contribution in [0.4, 0.5) is 13.2 Å². The first-order chi connectivity index (χ1) is 12.7. The van der Waals surface area contributed by atoms with Crippen LogP contribution in [0.2, 0.25) is 0 Å². The monoisotopic (exact) mass is 397 g/mol. The van der Waals surface area contributed by atoms with Gasteiger partial charge in [-0.1, -0.05) is 12.1 Å². The normalized spacial score (nSPS) is 15.3. The number of thiophene rings is 1. The van der Waals surface area contributed by atoms with Gasteiger partial charge < -0.3 is 9.64 Å². The molecule has 0 bridgehead atoms. The van der Waals surface area contributed by atoms with Crippen LogP contribution in [0.15, 0.2) is 36.4 Å². The van der Waals surface area contributed by atoms with E-state index in [1.54, 1.807) is 24.0 Å². The van der Waals surface area contributed by atoms with Gasteiger partial charge in [-0.3, -0.25) is 4.79 Å². The number of carbonyl (C=O) groups excluding carboxylic acids is 2. The van der Waals surface area contributed by atoms with Crippen LogP contribution in [0.1, 0.15) is 56.3 Å². The van der Waals surface area contributed by atoms with Gasteiger partial charge in [0.2, 0.25) is 0 Å². The van der Waals surface area contributed by atoms with Gasteiger partial charge in [0.25, 0.3) is 5.91 Å². The molecule has 0 radical (unpaired) electrons. The number of hydrogen-bond acceptors (Lipinski definition) is 4. The molecule has 1 fully saturated rings.